The van der Waals surface area contributed by atoms with Crippen molar-refractivity contribution >= 4 is 28.8 Å². The van der Waals surface area contributed by atoms with Crippen LogP contribution in [0.15, 0.2) is 59.4 Å². The van der Waals surface area contributed by atoms with Crippen molar-refractivity contribution in [1.82, 2.24) is 9.13 Å². The number of carbonyl (C=O) groups excluding carboxylic acids is 1. The molecule has 0 aliphatic rings. The maximum Gasteiger partial charge on any atom is 0.418 e. The summed E-state index contributed by atoms with van der Waals surface area (Å²) in [6.45, 7) is 10.6. The van der Waals surface area contributed by atoms with Gasteiger partial charge in [0.05, 0.1) is 15.8 Å². The molecular formula is C31H28F3N3O2S. The maximum atomic E-state index is 14.0. The van der Waals surface area contributed by atoms with Gasteiger partial charge in [-0.25, -0.2) is 0 Å². The van der Waals surface area contributed by atoms with Gasteiger partial charge >= 0.3 is 6.18 Å². The molecule has 0 saturated heterocycles. The van der Waals surface area contributed by atoms with E-state index in [-0.39, 0.29) is 14.8 Å². The van der Waals surface area contributed by atoms with Gasteiger partial charge in [0.15, 0.2) is 5.78 Å². The predicted octanol–water partition coefficient (Wildman–Crippen LogP) is 5.75. The number of hydrogen-bond acceptors (Lipinski definition) is 4. The van der Waals surface area contributed by atoms with Crippen LogP contribution in [0.1, 0.15) is 48.8 Å². The first-order chi connectivity index (χ1) is 18.6. The van der Waals surface area contributed by atoms with E-state index in [1.54, 1.807) is 26.8 Å². The normalized spacial score (nSPS) is 13.3. The number of thiazole rings is 1. The summed E-state index contributed by atoms with van der Waals surface area (Å²) in [4.78, 5) is 27.0. The Bertz CT molecular complexity index is 1860. The van der Waals surface area contributed by atoms with Crippen LogP contribution in [0.4, 0.5) is 13.2 Å². The summed E-state index contributed by atoms with van der Waals surface area (Å²) in [5, 5.41) is 9.98. The molecule has 0 aliphatic carbocycles. The Morgan fingerprint density at radius 1 is 0.975 bits per heavy atom. The molecule has 0 radical (unpaired) electrons. The number of hydrogen-bond donors (Lipinski definition) is 0. The molecule has 0 spiro atoms. The van der Waals surface area contributed by atoms with Gasteiger partial charge in [-0.15, -0.1) is 11.3 Å². The Morgan fingerprint density at radius 3 is 2.25 bits per heavy atom. The van der Waals surface area contributed by atoms with Crippen LogP contribution in [0.25, 0.3) is 23.0 Å². The highest BCUT2D eigenvalue weighted by atomic mass is 32.1. The molecule has 0 amide bonds. The molecule has 0 fully saturated rings. The third kappa shape index (κ3) is 5.32. The van der Waals surface area contributed by atoms with Crippen LogP contribution in [0.5, 0.6) is 0 Å². The minimum absolute atomic E-state index is 0.103. The van der Waals surface area contributed by atoms with E-state index in [0.717, 1.165) is 44.6 Å². The monoisotopic (exact) mass is 563 g/mol. The van der Waals surface area contributed by atoms with Crippen molar-refractivity contribution in [3.63, 3.8) is 0 Å². The van der Waals surface area contributed by atoms with Crippen molar-refractivity contribution in [2.75, 3.05) is 0 Å². The van der Waals surface area contributed by atoms with Crippen molar-refractivity contribution in [2.24, 2.45) is 5.41 Å². The van der Waals surface area contributed by atoms with Gasteiger partial charge in [-0.3, -0.25) is 14.2 Å². The zero-order chi connectivity index (χ0) is 29.6. The first kappa shape index (κ1) is 28.8. The van der Waals surface area contributed by atoms with Crippen LogP contribution in [-0.4, -0.2) is 14.9 Å². The fraction of sp³-hybridized carbons (Fsp3) is 0.258. The van der Waals surface area contributed by atoms with Gasteiger partial charge in [0.1, 0.15) is 16.3 Å². The van der Waals surface area contributed by atoms with E-state index in [1.165, 1.54) is 18.2 Å². The van der Waals surface area contributed by atoms with Crippen molar-refractivity contribution in [2.45, 2.75) is 47.7 Å². The lowest BCUT2D eigenvalue weighted by Crippen LogP contribution is -2.34. The molecule has 2 aromatic carbocycles. The Morgan fingerprint density at radius 2 is 1.65 bits per heavy atom. The zero-order valence-electron chi connectivity index (χ0n) is 23.0. The van der Waals surface area contributed by atoms with E-state index in [2.05, 4.69) is 0 Å². The summed E-state index contributed by atoms with van der Waals surface area (Å²) in [6.07, 6.45) is -3.16. The summed E-state index contributed by atoms with van der Waals surface area (Å²) in [7, 11) is 0. The van der Waals surface area contributed by atoms with Gasteiger partial charge in [0, 0.05) is 22.5 Å². The van der Waals surface area contributed by atoms with E-state index < -0.39 is 34.2 Å². The summed E-state index contributed by atoms with van der Waals surface area (Å²) >= 11 is 0.832. The third-order valence-corrected chi connectivity index (χ3v) is 7.62. The number of aryl methyl sites for hydroxylation is 2. The van der Waals surface area contributed by atoms with Gasteiger partial charge in [-0.1, -0.05) is 45.0 Å². The highest BCUT2D eigenvalue weighted by Crippen LogP contribution is 2.33. The van der Waals surface area contributed by atoms with Crippen molar-refractivity contribution in [3.05, 3.63) is 102 Å². The minimum atomic E-state index is -4.77. The Kier molecular flexibility index (Phi) is 7.52. The largest absolute Gasteiger partial charge is 0.418 e. The first-order valence-electron chi connectivity index (χ1n) is 12.5. The van der Waals surface area contributed by atoms with Crippen LogP contribution >= 0.6 is 11.3 Å². The molecule has 0 atom stereocenters. The molecule has 40 heavy (non-hydrogen) atoms. The van der Waals surface area contributed by atoms with Crippen LogP contribution in [-0.2, 0) is 11.0 Å². The number of carbonyl (C=O) groups is 1. The van der Waals surface area contributed by atoms with E-state index in [0.29, 0.717) is 5.56 Å². The van der Waals surface area contributed by atoms with Crippen LogP contribution in [0, 0.1) is 37.5 Å². The second-order valence-corrected chi connectivity index (χ2v) is 11.7. The highest BCUT2D eigenvalue weighted by Gasteiger charge is 2.35. The van der Waals surface area contributed by atoms with E-state index in [4.69, 9.17) is 0 Å². The number of nitrogens with zero attached hydrogens (tertiary/aromatic N) is 3. The molecule has 0 N–H and O–H groups in total. The topological polar surface area (TPSA) is 67.8 Å². The standard InChI is InChI=1S/C31H28F3N3O2S/c1-18-10-9-11-22(14-18)36-19(2)15-21(20(36)3)16-26-28(39)37(25-13-8-7-12-24(25)31(32,33)34)29(40-26)23(17-35)27(38)30(4,5)6/h7-16H,1-6H3/b26-16-,29-23+. The number of halogens is 3. The van der Waals surface area contributed by atoms with Crippen molar-refractivity contribution in [1.29, 1.82) is 5.26 Å². The van der Waals surface area contributed by atoms with Crippen LogP contribution in [0.2, 0.25) is 0 Å². The number of aromatic nitrogens is 2. The number of para-hydroxylation sites is 1. The number of benzene rings is 2. The molecule has 4 rings (SSSR count). The summed E-state index contributed by atoms with van der Waals surface area (Å²) in [6, 6.07) is 16.3. The van der Waals surface area contributed by atoms with Gasteiger partial charge in [0.2, 0.25) is 0 Å². The predicted molar refractivity (Wildman–Crippen MR) is 151 cm³/mol. The van der Waals surface area contributed by atoms with E-state index in [9.17, 15) is 28.0 Å². The average Bonchev–Trinajstić information content (AvgIpc) is 3.33. The minimum Gasteiger partial charge on any atom is -0.318 e. The Balaban J connectivity index is 2.11. The molecular weight excluding hydrogens is 535 g/mol. The van der Waals surface area contributed by atoms with Gasteiger partial charge < -0.3 is 4.57 Å². The number of rotatable bonds is 4. The quantitative estimate of drug-likeness (QED) is 0.318. The average molecular weight is 564 g/mol. The summed E-state index contributed by atoms with van der Waals surface area (Å²) < 4.78 is 44.9. The number of Topliss-reactive ketones (excluding diaryl/α,β-unsaturated/α-hetero) is 1. The number of ketones is 1. The molecule has 2 aromatic heterocycles. The van der Waals surface area contributed by atoms with E-state index in [1.807, 2.05) is 61.7 Å². The molecule has 0 bridgehead atoms. The van der Waals surface area contributed by atoms with Crippen LogP contribution in [0.3, 0.4) is 0 Å². The zero-order valence-corrected chi connectivity index (χ0v) is 23.8. The first-order valence-corrected chi connectivity index (χ1v) is 13.3. The Hall–Kier alpha value is -4.16. The number of alkyl halides is 3. The second kappa shape index (κ2) is 10.4. The molecule has 2 heterocycles. The van der Waals surface area contributed by atoms with E-state index >= 15 is 0 Å². The molecule has 5 nitrogen and oxygen atoms in total. The molecule has 9 heteroatoms. The fourth-order valence-corrected chi connectivity index (χ4v) is 5.67. The molecule has 0 unspecified atom stereocenters. The summed E-state index contributed by atoms with van der Waals surface area (Å²) in [5.74, 6) is -0.571. The van der Waals surface area contributed by atoms with Crippen LogP contribution < -0.4 is 14.8 Å². The maximum absolute atomic E-state index is 14.0. The lowest BCUT2D eigenvalue weighted by molar-refractivity contribution is -0.137. The Labute approximate surface area is 233 Å². The lowest BCUT2D eigenvalue weighted by atomic mass is 9.87. The van der Waals surface area contributed by atoms with Crippen molar-refractivity contribution in [3.8, 4) is 17.4 Å². The SMILES string of the molecule is Cc1cccc(-n2c(C)cc(/C=c3\s/c(=C(\C#N)C(=O)C(C)(C)C)n(-c4ccccc4C(F)(F)F)c3=O)c2C)c1. The summed E-state index contributed by atoms with van der Waals surface area (Å²) in [5.41, 5.74) is 0.857. The molecule has 0 aliphatic heterocycles. The highest BCUT2D eigenvalue weighted by molar-refractivity contribution is 7.07. The third-order valence-electron chi connectivity index (χ3n) is 6.52. The molecule has 4 aromatic rings. The molecule has 206 valence electrons. The van der Waals surface area contributed by atoms with Crippen molar-refractivity contribution < 1.29 is 18.0 Å². The van der Waals surface area contributed by atoms with Gasteiger partial charge in [-0.05, 0) is 68.3 Å². The molecule has 0 saturated carbocycles. The fourth-order valence-electron chi connectivity index (χ4n) is 4.59. The smallest absolute Gasteiger partial charge is 0.318 e. The second-order valence-electron chi connectivity index (χ2n) is 10.6. The van der Waals surface area contributed by atoms with Gasteiger partial charge in [0.25, 0.3) is 5.56 Å². The lowest BCUT2D eigenvalue weighted by Gasteiger charge is -2.16. The number of nitriles is 1. The van der Waals surface area contributed by atoms with Gasteiger partial charge in [-0.2, -0.15) is 18.4 Å².